The van der Waals surface area contributed by atoms with Gasteiger partial charge in [0.2, 0.25) is 15.9 Å². The van der Waals surface area contributed by atoms with Gasteiger partial charge in [0, 0.05) is 25.6 Å². The van der Waals surface area contributed by atoms with Crippen molar-refractivity contribution in [2.75, 3.05) is 32.7 Å². The molecule has 2 aliphatic heterocycles. The normalized spacial score (nSPS) is 21.3. The molecule has 8 heteroatoms. The molecule has 184 valence electrons. The molecular formula is C26H35N3O4S. The van der Waals surface area contributed by atoms with Crippen LogP contribution in [0.5, 0.6) is 0 Å². The molecule has 1 aromatic carbocycles. The van der Waals surface area contributed by atoms with Crippen molar-refractivity contribution in [3.63, 3.8) is 0 Å². The van der Waals surface area contributed by atoms with Gasteiger partial charge in [-0.2, -0.15) is 4.31 Å². The number of fused-ring (bicyclic) bond motifs is 1. The molecule has 1 aliphatic carbocycles. The van der Waals surface area contributed by atoms with Gasteiger partial charge in [0.1, 0.15) is 5.76 Å². The van der Waals surface area contributed by atoms with Crippen LogP contribution in [0.2, 0.25) is 0 Å². The maximum absolute atomic E-state index is 13.2. The Bertz CT molecular complexity index is 1090. The van der Waals surface area contributed by atoms with Crippen molar-refractivity contribution in [2.45, 2.75) is 62.3 Å². The quantitative estimate of drug-likeness (QED) is 0.649. The zero-order chi connectivity index (χ0) is 23.5. The first-order chi connectivity index (χ1) is 16.5. The predicted octanol–water partition coefficient (Wildman–Crippen LogP) is 3.51. The Balaban J connectivity index is 1.17. The highest BCUT2D eigenvalue weighted by molar-refractivity contribution is 7.89. The molecule has 2 aromatic rings. The third-order valence-electron chi connectivity index (χ3n) is 7.71. The third kappa shape index (κ3) is 4.95. The summed E-state index contributed by atoms with van der Waals surface area (Å²) < 4.78 is 33.6. The fourth-order valence-corrected chi connectivity index (χ4v) is 7.20. The summed E-state index contributed by atoms with van der Waals surface area (Å²) in [5.74, 6) is 0.741. The lowest BCUT2D eigenvalue weighted by Gasteiger charge is -2.34. The van der Waals surface area contributed by atoms with Crippen LogP contribution in [0.25, 0.3) is 0 Å². The fourth-order valence-electron chi connectivity index (χ4n) is 5.68. The Kier molecular flexibility index (Phi) is 7.09. The standard InChI is InChI=1S/C26H35N3O4S/c30-26(27-19-24(25-8-5-17-33-25)28-13-2-1-3-14-28)21-11-15-29(16-12-21)34(31,32)23-10-9-20-6-4-7-22(20)18-23/h5,8-10,17-18,21,24H,1-4,6-7,11-16,19H2,(H,27,30). The Morgan fingerprint density at radius 1 is 1.00 bits per heavy atom. The van der Waals surface area contributed by atoms with Gasteiger partial charge >= 0.3 is 0 Å². The lowest BCUT2D eigenvalue weighted by atomic mass is 9.97. The average Bonchev–Trinajstić information content (AvgIpc) is 3.57. The maximum atomic E-state index is 13.2. The maximum Gasteiger partial charge on any atom is 0.243 e. The number of nitrogens with zero attached hydrogens (tertiary/aromatic N) is 2. The van der Waals surface area contributed by atoms with E-state index in [2.05, 4.69) is 10.2 Å². The third-order valence-corrected chi connectivity index (χ3v) is 9.60. The number of sulfonamides is 1. The van der Waals surface area contributed by atoms with Crippen molar-refractivity contribution < 1.29 is 17.6 Å². The number of likely N-dealkylation sites (tertiary alicyclic amines) is 1. The van der Waals surface area contributed by atoms with E-state index in [1.54, 1.807) is 16.6 Å². The molecule has 1 atom stereocenters. The van der Waals surface area contributed by atoms with E-state index < -0.39 is 10.0 Å². The largest absolute Gasteiger partial charge is 0.468 e. The lowest BCUT2D eigenvalue weighted by molar-refractivity contribution is -0.126. The van der Waals surface area contributed by atoms with E-state index in [4.69, 9.17) is 4.42 Å². The summed E-state index contributed by atoms with van der Waals surface area (Å²) in [6.07, 6.45) is 9.46. The van der Waals surface area contributed by atoms with Gasteiger partial charge in [0.25, 0.3) is 0 Å². The number of nitrogens with one attached hydrogen (secondary N) is 1. The van der Waals surface area contributed by atoms with Crippen molar-refractivity contribution in [3.05, 3.63) is 53.5 Å². The Hall–Kier alpha value is -2.16. The molecule has 5 rings (SSSR count). The number of carbonyl (C=O) groups is 1. The highest BCUT2D eigenvalue weighted by atomic mass is 32.2. The number of furan rings is 1. The smallest absolute Gasteiger partial charge is 0.243 e. The molecule has 0 bridgehead atoms. The van der Waals surface area contributed by atoms with E-state index in [0.29, 0.717) is 37.4 Å². The number of benzene rings is 1. The number of carbonyl (C=O) groups excluding carboxylic acids is 1. The van der Waals surface area contributed by atoms with E-state index in [1.807, 2.05) is 24.3 Å². The van der Waals surface area contributed by atoms with Crippen LogP contribution in [0.4, 0.5) is 0 Å². The average molecular weight is 486 g/mol. The van der Waals surface area contributed by atoms with E-state index in [-0.39, 0.29) is 17.9 Å². The number of hydrogen-bond donors (Lipinski definition) is 1. The zero-order valence-corrected chi connectivity index (χ0v) is 20.6. The molecule has 0 spiro atoms. The highest BCUT2D eigenvalue weighted by Gasteiger charge is 2.33. The summed E-state index contributed by atoms with van der Waals surface area (Å²) in [7, 11) is -3.52. The van der Waals surface area contributed by atoms with Crippen molar-refractivity contribution in [1.82, 2.24) is 14.5 Å². The molecule has 1 amide bonds. The number of rotatable bonds is 7. The monoisotopic (exact) mass is 485 g/mol. The molecule has 1 aromatic heterocycles. The number of hydrogen-bond acceptors (Lipinski definition) is 5. The van der Waals surface area contributed by atoms with Crippen LogP contribution >= 0.6 is 0 Å². The summed E-state index contributed by atoms with van der Waals surface area (Å²) in [5, 5.41) is 3.14. The van der Waals surface area contributed by atoms with Crippen molar-refractivity contribution in [3.8, 4) is 0 Å². The van der Waals surface area contributed by atoms with E-state index >= 15 is 0 Å². The van der Waals surface area contributed by atoms with E-state index in [0.717, 1.165) is 43.7 Å². The Labute approximate surface area is 202 Å². The summed E-state index contributed by atoms with van der Waals surface area (Å²) in [4.78, 5) is 15.8. The molecule has 0 saturated carbocycles. The topological polar surface area (TPSA) is 82.9 Å². The van der Waals surface area contributed by atoms with Crippen molar-refractivity contribution in [2.24, 2.45) is 5.92 Å². The van der Waals surface area contributed by atoms with Crippen LogP contribution in [0.3, 0.4) is 0 Å². The molecule has 1 N–H and O–H groups in total. The molecule has 34 heavy (non-hydrogen) atoms. The number of piperidine rings is 2. The summed E-state index contributed by atoms with van der Waals surface area (Å²) in [6.45, 7) is 3.30. The number of aryl methyl sites for hydroxylation is 2. The molecule has 0 radical (unpaired) electrons. The van der Waals surface area contributed by atoms with Gasteiger partial charge < -0.3 is 9.73 Å². The van der Waals surface area contributed by atoms with Crippen molar-refractivity contribution in [1.29, 1.82) is 0 Å². The molecule has 7 nitrogen and oxygen atoms in total. The van der Waals surface area contributed by atoms with Gasteiger partial charge in [0.15, 0.2) is 0 Å². The summed E-state index contributed by atoms with van der Waals surface area (Å²) in [5.41, 5.74) is 2.43. The van der Waals surface area contributed by atoms with Gasteiger partial charge in [-0.1, -0.05) is 12.5 Å². The second kappa shape index (κ2) is 10.2. The Morgan fingerprint density at radius 2 is 1.76 bits per heavy atom. The summed E-state index contributed by atoms with van der Waals surface area (Å²) in [6, 6.07) is 9.48. The Morgan fingerprint density at radius 3 is 2.50 bits per heavy atom. The highest BCUT2D eigenvalue weighted by Crippen LogP contribution is 2.29. The molecule has 3 aliphatic rings. The summed E-state index contributed by atoms with van der Waals surface area (Å²) >= 11 is 0. The van der Waals surface area contributed by atoms with Gasteiger partial charge in [0.05, 0.1) is 17.2 Å². The van der Waals surface area contributed by atoms with E-state index in [9.17, 15) is 13.2 Å². The first kappa shape index (κ1) is 23.6. The van der Waals surface area contributed by atoms with Crippen LogP contribution in [0, 0.1) is 5.92 Å². The van der Waals surface area contributed by atoms with Gasteiger partial charge in [-0.3, -0.25) is 9.69 Å². The van der Waals surface area contributed by atoms with Gasteiger partial charge in [-0.05, 0) is 93.4 Å². The zero-order valence-electron chi connectivity index (χ0n) is 19.7. The first-order valence-electron chi connectivity index (χ1n) is 12.7. The molecule has 3 heterocycles. The molecular weight excluding hydrogens is 450 g/mol. The number of amides is 1. The van der Waals surface area contributed by atoms with Crippen LogP contribution < -0.4 is 5.32 Å². The predicted molar refractivity (Wildman–Crippen MR) is 130 cm³/mol. The lowest BCUT2D eigenvalue weighted by Crippen LogP contribution is -2.45. The van der Waals surface area contributed by atoms with Gasteiger partial charge in [-0.15, -0.1) is 0 Å². The van der Waals surface area contributed by atoms with Crippen LogP contribution in [0.15, 0.2) is 45.9 Å². The minimum atomic E-state index is -3.52. The second-order valence-corrected chi connectivity index (χ2v) is 11.8. The SMILES string of the molecule is O=C(NCC(c1ccco1)N1CCCCC1)C1CCN(S(=O)(=O)c2ccc3c(c2)CCC3)CC1. The van der Waals surface area contributed by atoms with Crippen LogP contribution in [0.1, 0.15) is 61.5 Å². The minimum absolute atomic E-state index is 0.0168. The fraction of sp³-hybridized carbons (Fsp3) is 0.577. The first-order valence-corrected chi connectivity index (χ1v) is 14.1. The van der Waals surface area contributed by atoms with Crippen LogP contribution in [-0.4, -0.2) is 56.3 Å². The second-order valence-electron chi connectivity index (χ2n) is 9.84. The van der Waals surface area contributed by atoms with E-state index in [1.165, 1.54) is 24.8 Å². The van der Waals surface area contributed by atoms with Gasteiger partial charge in [-0.25, -0.2) is 8.42 Å². The van der Waals surface area contributed by atoms with Crippen molar-refractivity contribution >= 4 is 15.9 Å². The molecule has 2 fully saturated rings. The van der Waals surface area contributed by atoms with Crippen LogP contribution in [-0.2, 0) is 27.7 Å². The molecule has 2 saturated heterocycles. The molecule has 1 unspecified atom stereocenters. The minimum Gasteiger partial charge on any atom is -0.468 e.